The number of rotatable bonds is 4. The molecule has 1 heterocycles. The van der Waals surface area contributed by atoms with Crippen LogP contribution in [-0.2, 0) is 21.7 Å². The highest BCUT2D eigenvalue weighted by molar-refractivity contribution is 6.62. The molecule has 0 N–H and O–H groups in total. The molecule has 0 unspecified atom stereocenters. The summed E-state index contributed by atoms with van der Waals surface area (Å²) in [5.74, 6) is 0. The molecule has 0 aliphatic carbocycles. The molecule has 0 radical (unpaired) electrons. The Labute approximate surface area is 189 Å². The molecule has 1 fully saturated rings. The van der Waals surface area contributed by atoms with Gasteiger partial charge < -0.3 is 9.31 Å². The maximum absolute atomic E-state index is 13.5. The quantitative estimate of drug-likeness (QED) is 0.422. The fourth-order valence-electron chi connectivity index (χ4n) is 3.84. The van der Waals surface area contributed by atoms with Crippen molar-refractivity contribution in [2.75, 3.05) is 14.1 Å². The Bertz CT molecular complexity index is 968. The first-order chi connectivity index (χ1) is 14.9. The number of halogens is 6. The van der Waals surface area contributed by atoms with Crippen molar-refractivity contribution in [1.82, 2.24) is 4.90 Å². The second-order valence-corrected chi connectivity index (χ2v) is 9.42. The molecular formula is C23H26BF6NO2. The Morgan fingerprint density at radius 3 is 1.67 bits per heavy atom. The summed E-state index contributed by atoms with van der Waals surface area (Å²) in [5.41, 5.74) is -3.14. The summed E-state index contributed by atoms with van der Waals surface area (Å²) >= 11 is 0. The maximum atomic E-state index is 13.5. The zero-order valence-corrected chi connectivity index (χ0v) is 19.2. The number of hydrogen-bond acceptors (Lipinski definition) is 3. The standard InChI is InChI=1S/C23H26BF6NO2/c1-20(2)21(3,4)33-24(32-20)18-10-8-7-9-17(18)19(31(5)6)14-11-15(22(25,26)27)13-16(12-14)23(28,29)30/h7-13,19H,1-6H3/t19-/m0/s1. The van der Waals surface area contributed by atoms with Crippen molar-refractivity contribution in [2.24, 2.45) is 0 Å². The average Bonchev–Trinajstić information content (AvgIpc) is 2.87. The van der Waals surface area contributed by atoms with Crippen LogP contribution in [0.15, 0.2) is 42.5 Å². The Balaban J connectivity index is 2.19. The summed E-state index contributed by atoms with van der Waals surface area (Å²) in [6, 6.07) is 7.54. The van der Waals surface area contributed by atoms with E-state index in [0.29, 0.717) is 11.0 Å². The van der Waals surface area contributed by atoms with E-state index in [1.165, 1.54) is 0 Å². The first kappa shape index (κ1) is 25.6. The molecule has 1 aliphatic heterocycles. The lowest BCUT2D eigenvalue weighted by Crippen LogP contribution is -2.41. The van der Waals surface area contributed by atoms with E-state index < -0.39 is 47.8 Å². The molecular weight excluding hydrogens is 447 g/mol. The Morgan fingerprint density at radius 2 is 1.24 bits per heavy atom. The van der Waals surface area contributed by atoms with Gasteiger partial charge in [0, 0.05) is 0 Å². The van der Waals surface area contributed by atoms with Crippen molar-refractivity contribution in [3.8, 4) is 0 Å². The van der Waals surface area contributed by atoms with Gasteiger partial charge in [-0.3, -0.25) is 4.90 Å². The highest BCUT2D eigenvalue weighted by atomic mass is 19.4. The summed E-state index contributed by atoms with van der Waals surface area (Å²) in [4.78, 5) is 1.57. The third kappa shape index (κ3) is 5.07. The zero-order valence-electron chi connectivity index (χ0n) is 19.2. The van der Waals surface area contributed by atoms with Crippen LogP contribution in [0.1, 0.15) is 56.0 Å². The highest BCUT2D eigenvalue weighted by Crippen LogP contribution is 2.40. The minimum atomic E-state index is -4.93. The van der Waals surface area contributed by atoms with Crippen molar-refractivity contribution < 1.29 is 35.7 Å². The maximum Gasteiger partial charge on any atom is 0.495 e. The minimum absolute atomic E-state index is 0.133. The van der Waals surface area contributed by atoms with Gasteiger partial charge >= 0.3 is 19.5 Å². The highest BCUT2D eigenvalue weighted by Gasteiger charge is 2.52. The molecule has 10 heteroatoms. The SMILES string of the molecule is CN(C)[C@@H](c1cc(C(F)(F)F)cc(C(F)(F)F)c1)c1ccccc1B1OC(C)(C)C(C)(C)O1. The Hall–Kier alpha value is -2.04. The number of nitrogens with zero attached hydrogens (tertiary/aromatic N) is 1. The van der Waals surface area contributed by atoms with E-state index in [-0.39, 0.29) is 11.6 Å². The molecule has 1 saturated heterocycles. The number of alkyl halides is 6. The van der Waals surface area contributed by atoms with E-state index in [9.17, 15) is 26.3 Å². The fraction of sp³-hybridized carbons (Fsp3) is 0.478. The van der Waals surface area contributed by atoms with Gasteiger partial charge in [0.15, 0.2) is 0 Å². The molecule has 2 aromatic rings. The van der Waals surface area contributed by atoms with E-state index in [1.807, 2.05) is 27.7 Å². The first-order valence-corrected chi connectivity index (χ1v) is 10.3. The van der Waals surface area contributed by atoms with Crippen LogP contribution in [0.5, 0.6) is 0 Å². The summed E-state index contributed by atoms with van der Waals surface area (Å²) in [7, 11) is 2.36. The van der Waals surface area contributed by atoms with Crippen LogP contribution >= 0.6 is 0 Å². The van der Waals surface area contributed by atoms with E-state index in [0.717, 1.165) is 12.1 Å². The second kappa shape index (κ2) is 8.32. The second-order valence-electron chi connectivity index (χ2n) is 9.42. The first-order valence-electron chi connectivity index (χ1n) is 10.3. The van der Waals surface area contributed by atoms with Crippen molar-refractivity contribution >= 4 is 12.6 Å². The van der Waals surface area contributed by atoms with Gasteiger partial charge in [-0.15, -0.1) is 0 Å². The third-order valence-corrected chi connectivity index (χ3v) is 6.24. The Morgan fingerprint density at radius 1 is 0.788 bits per heavy atom. The lowest BCUT2D eigenvalue weighted by Gasteiger charge is -2.32. The van der Waals surface area contributed by atoms with Crippen LogP contribution in [0, 0.1) is 0 Å². The van der Waals surface area contributed by atoms with Crippen LogP contribution in [-0.4, -0.2) is 37.3 Å². The van der Waals surface area contributed by atoms with Crippen molar-refractivity contribution in [3.63, 3.8) is 0 Å². The van der Waals surface area contributed by atoms with Crippen molar-refractivity contribution in [3.05, 3.63) is 64.7 Å². The molecule has 0 amide bonds. The smallest absolute Gasteiger partial charge is 0.399 e. The predicted octanol–water partition coefficient (Wildman–Crippen LogP) is 5.67. The minimum Gasteiger partial charge on any atom is -0.399 e. The molecule has 1 atom stereocenters. The summed E-state index contributed by atoms with van der Waals surface area (Å²) in [5, 5.41) is 0. The van der Waals surface area contributed by atoms with Gasteiger partial charge in [-0.2, -0.15) is 26.3 Å². The normalized spacial score (nSPS) is 19.2. The fourth-order valence-corrected chi connectivity index (χ4v) is 3.84. The summed E-state index contributed by atoms with van der Waals surface area (Å²) in [6.45, 7) is 7.45. The largest absolute Gasteiger partial charge is 0.495 e. The Kier molecular flexibility index (Phi) is 6.45. The number of hydrogen-bond donors (Lipinski definition) is 0. The van der Waals surface area contributed by atoms with Crippen LogP contribution in [0.25, 0.3) is 0 Å². The van der Waals surface area contributed by atoms with Gasteiger partial charge in [0.05, 0.1) is 28.4 Å². The van der Waals surface area contributed by atoms with Crippen LogP contribution < -0.4 is 5.46 Å². The van der Waals surface area contributed by atoms with E-state index in [2.05, 4.69) is 0 Å². The molecule has 33 heavy (non-hydrogen) atoms. The van der Waals surface area contributed by atoms with Gasteiger partial charge in [0.2, 0.25) is 0 Å². The van der Waals surface area contributed by atoms with Crippen LogP contribution in [0.2, 0.25) is 0 Å². The molecule has 0 aromatic heterocycles. The zero-order chi connectivity index (χ0) is 25.0. The van der Waals surface area contributed by atoms with E-state index in [1.54, 1.807) is 43.3 Å². The third-order valence-electron chi connectivity index (χ3n) is 6.24. The van der Waals surface area contributed by atoms with E-state index in [4.69, 9.17) is 9.31 Å². The van der Waals surface area contributed by atoms with Crippen LogP contribution in [0.4, 0.5) is 26.3 Å². The molecule has 0 spiro atoms. The van der Waals surface area contributed by atoms with Crippen LogP contribution in [0.3, 0.4) is 0 Å². The molecule has 0 bridgehead atoms. The molecule has 180 valence electrons. The van der Waals surface area contributed by atoms with Gasteiger partial charge in [-0.1, -0.05) is 24.3 Å². The molecule has 2 aromatic carbocycles. The lowest BCUT2D eigenvalue weighted by atomic mass is 9.73. The van der Waals surface area contributed by atoms with Crippen molar-refractivity contribution in [2.45, 2.75) is 57.3 Å². The molecule has 3 rings (SSSR count). The lowest BCUT2D eigenvalue weighted by molar-refractivity contribution is -0.143. The van der Waals surface area contributed by atoms with E-state index >= 15 is 0 Å². The van der Waals surface area contributed by atoms with Gasteiger partial charge in [0.1, 0.15) is 0 Å². The topological polar surface area (TPSA) is 21.7 Å². The average molecular weight is 473 g/mol. The van der Waals surface area contributed by atoms with Crippen molar-refractivity contribution in [1.29, 1.82) is 0 Å². The van der Waals surface area contributed by atoms with Gasteiger partial charge in [-0.25, -0.2) is 0 Å². The molecule has 3 nitrogen and oxygen atoms in total. The van der Waals surface area contributed by atoms with Gasteiger partial charge in [0.25, 0.3) is 0 Å². The molecule has 1 aliphatic rings. The summed E-state index contributed by atoms with van der Waals surface area (Å²) in [6.07, 6.45) is -9.86. The predicted molar refractivity (Wildman–Crippen MR) is 114 cm³/mol. The monoisotopic (exact) mass is 473 g/mol. The van der Waals surface area contributed by atoms with Gasteiger partial charge in [-0.05, 0) is 76.6 Å². The number of benzene rings is 2. The molecule has 0 saturated carbocycles. The summed E-state index contributed by atoms with van der Waals surface area (Å²) < 4.78 is 93.1.